The molecule has 0 aromatic rings. The van der Waals surface area contributed by atoms with Gasteiger partial charge in [0.25, 0.3) is 0 Å². The summed E-state index contributed by atoms with van der Waals surface area (Å²) in [5.74, 6) is 0.413. The van der Waals surface area contributed by atoms with E-state index in [1.165, 1.54) is 0 Å². The van der Waals surface area contributed by atoms with E-state index in [9.17, 15) is 4.79 Å². The van der Waals surface area contributed by atoms with Crippen molar-refractivity contribution in [2.75, 3.05) is 26.4 Å². The van der Waals surface area contributed by atoms with E-state index in [-0.39, 0.29) is 18.0 Å². The molecule has 1 aliphatic carbocycles. The summed E-state index contributed by atoms with van der Waals surface area (Å²) in [5, 5.41) is 0. The van der Waals surface area contributed by atoms with Crippen LogP contribution in [-0.4, -0.2) is 38.5 Å². The predicted octanol–water partition coefficient (Wildman–Crippen LogP) is 0.601. The number of hydrogen-bond donors (Lipinski definition) is 0. The molecule has 4 nitrogen and oxygen atoms in total. The first-order valence-corrected chi connectivity index (χ1v) is 5.17. The van der Waals surface area contributed by atoms with Crippen molar-refractivity contribution in [3.05, 3.63) is 0 Å². The van der Waals surface area contributed by atoms with E-state index in [4.69, 9.17) is 14.2 Å². The van der Waals surface area contributed by atoms with Crippen LogP contribution in [-0.2, 0) is 19.0 Å². The third kappa shape index (κ3) is 2.25. The summed E-state index contributed by atoms with van der Waals surface area (Å²) in [6.45, 7) is 4.39. The first-order chi connectivity index (χ1) is 6.81. The Bertz CT molecular complexity index is 212. The molecule has 1 saturated carbocycles. The fourth-order valence-corrected chi connectivity index (χ4v) is 1.54. The summed E-state index contributed by atoms with van der Waals surface area (Å²) in [6.07, 6.45) is 1.19. The number of ether oxygens (including phenoxy) is 3. The van der Waals surface area contributed by atoms with E-state index in [1.54, 1.807) is 0 Å². The van der Waals surface area contributed by atoms with Crippen LogP contribution in [0.3, 0.4) is 0 Å². The van der Waals surface area contributed by atoms with Crippen LogP contribution < -0.4 is 0 Å². The highest BCUT2D eigenvalue weighted by molar-refractivity contribution is 5.75. The third-order valence-corrected chi connectivity index (χ3v) is 2.67. The summed E-state index contributed by atoms with van der Waals surface area (Å²) in [4.78, 5) is 11.2. The Morgan fingerprint density at radius 2 is 2.29 bits per heavy atom. The van der Waals surface area contributed by atoms with Crippen molar-refractivity contribution >= 4 is 5.97 Å². The molecule has 14 heavy (non-hydrogen) atoms. The predicted molar refractivity (Wildman–Crippen MR) is 48.8 cm³/mol. The molecule has 0 bridgehead atoms. The molecule has 1 aliphatic heterocycles. The molecular weight excluding hydrogens is 184 g/mol. The molecule has 1 saturated heterocycles. The van der Waals surface area contributed by atoms with Gasteiger partial charge in [0.1, 0.15) is 6.10 Å². The summed E-state index contributed by atoms with van der Waals surface area (Å²) >= 11 is 0. The first kappa shape index (κ1) is 9.93. The summed E-state index contributed by atoms with van der Waals surface area (Å²) < 4.78 is 15.4. The van der Waals surface area contributed by atoms with Gasteiger partial charge in [-0.05, 0) is 19.3 Å². The molecule has 80 valence electrons. The molecule has 0 spiro atoms. The summed E-state index contributed by atoms with van der Waals surface area (Å²) in [5.41, 5.74) is 0. The van der Waals surface area contributed by atoms with Crippen LogP contribution in [0, 0.1) is 11.8 Å². The molecule has 1 heterocycles. The molecule has 2 unspecified atom stereocenters. The smallest absolute Gasteiger partial charge is 0.309 e. The van der Waals surface area contributed by atoms with Crippen LogP contribution in [0.1, 0.15) is 13.3 Å². The normalized spacial score (nSPS) is 30.9. The number of carbonyl (C=O) groups excluding carboxylic acids is 1. The van der Waals surface area contributed by atoms with Crippen molar-refractivity contribution in [2.45, 2.75) is 19.4 Å². The lowest BCUT2D eigenvalue weighted by molar-refractivity contribution is -0.147. The van der Waals surface area contributed by atoms with Gasteiger partial charge in [0.15, 0.2) is 0 Å². The molecule has 0 aromatic heterocycles. The van der Waals surface area contributed by atoms with Gasteiger partial charge in [-0.25, -0.2) is 0 Å². The van der Waals surface area contributed by atoms with Crippen molar-refractivity contribution in [2.24, 2.45) is 11.8 Å². The zero-order valence-corrected chi connectivity index (χ0v) is 8.40. The average molecular weight is 200 g/mol. The monoisotopic (exact) mass is 200 g/mol. The van der Waals surface area contributed by atoms with Gasteiger partial charge in [-0.3, -0.25) is 4.79 Å². The van der Waals surface area contributed by atoms with Gasteiger partial charge in [0.05, 0.1) is 32.3 Å². The highest BCUT2D eigenvalue weighted by Gasteiger charge is 2.44. The molecule has 2 rings (SSSR count). The van der Waals surface area contributed by atoms with Crippen molar-refractivity contribution in [3.63, 3.8) is 0 Å². The van der Waals surface area contributed by atoms with Gasteiger partial charge < -0.3 is 14.2 Å². The lowest BCUT2D eigenvalue weighted by Crippen LogP contribution is -2.36. The van der Waals surface area contributed by atoms with E-state index >= 15 is 0 Å². The molecule has 2 aliphatic rings. The molecule has 2 fully saturated rings. The number of rotatable bonds is 5. The standard InChI is InChI=1S/C10H16O4/c1-2-13-10(11)9-3-7(9)4-14-8-5-12-6-8/h7-9H,2-6H2,1H3. The maximum Gasteiger partial charge on any atom is 0.309 e. The molecule has 2 atom stereocenters. The van der Waals surface area contributed by atoms with E-state index in [0.717, 1.165) is 6.42 Å². The second-order valence-corrected chi connectivity index (χ2v) is 3.85. The average Bonchev–Trinajstić information content (AvgIpc) is 2.81. The van der Waals surface area contributed by atoms with Crippen LogP contribution in [0.25, 0.3) is 0 Å². The number of carbonyl (C=O) groups is 1. The van der Waals surface area contributed by atoms with Crippen molar-refractivity contribution in [3.8, 4) is 0 Å². The highest BCUT2D eigenvalue weighted by atomic mass is 16.6. The van der Waals surface area contributed by atoms with Gasteiger partial charge >= 0.3 is 5.97 Å². The Hall–Kier alpha value is -0.610. The highest BCUT2D eigenvalue weighted by Crippen LogP contribution is 2.39. The second-order valence-electron chi connectivity index (χ2n) is 3.85. The minimum atomic E-state index is -0.0639. The van der Waals surface area contributed by atoms with Crippen LogP contribution in [0.15, 0.2) is 0 Å². The molecule has 0 aromatic carbocycles. The topological polar surface area (TPSA) is 44.8 Å². The van der Waals surface area contributed by atoms with E-state index in [0.29, 0.717) is 32.3 Å². The quantitative estimate of drug-likeness (QED) is 0.610. The summed E-state index contributed by atoms with van der Waals surface area (Å²) in [6, 6.07) is 0. The van der Waals surface area contributed by atoms with Crippen LogP contribution in [0.2, 0.25) is 0 Å². The third-order valence-electron chi connectivity index (χ3n) is 2.67. The Morgan fingerprint density at radius 3 is 2.86 bits per heavy atom. The van der Waals surface area contributed by atoms with Gasteiger partial charge in [0, 0.05) is 0 Å². The van der Waals surface area contributed by atoms with Gasteiger partial charge in [-0.15, -0.1) is 0 Å². The number of esters is 1. The van der Waals surface area contributed by atoms with Crippen molar-refractivity contribution < 1.29 is 19.0 Å². The maximum atomic E-state index is 11.2. The Labute approximate surface area is 83.5 Å². The second kappa shape index (κ2) is 4.28. The Morgan fingerprint density at radius 1 is 1.50 bits per heavy atom. The Balaban J connectivity index is 1.58. The van der Waals surface area contributed by atoms with Gasteiger partial charge in [-0.1, -0.05) is 0 Å². The molecule has 0 radical (unpaired) electrons. The fourth-order valence-electron chi connectivity index (χ4n) is 1.54. The minimum absolute atomic E-state index is 0.0639. The van der Waals surface area contributed by atoms with Crippen LogP contribution in [0.5, 0.6) is 0 Å². The molecule has 0 N–H and O–H groups in total. The SMILES string of the molecule is CCOC(=O)C1CC1COC1COC1. The fraction of sp³-hybridized carbons (Fsp3) is 0.900. The summed E-state index contributed by atoms with van der Waals surface area (Å²) in [7, 11) is 0. The largest absolute Gasteiger partial charge is 0.466 e. The van der Waals surface area contributed by atoms with Crippen molar-refractivity contribution in [1.82, 2.24) is 0 Å². The van der Waals surface area contributed by atoms with E-state index in [1.807, 2.05) is 6.92 Å². The first-order valence-electron chi connectivity index (χ1n) is 5.17. The van der Waals surface area contributed by atoms with Crippen LogP contribution in [0.4, 0.5) is 0 Å². The minimum Gasteiger partial charge on any atom is -0.466 e. The van der Waals surface area contributed by atoms with Crippen LogP contribution >= 0.6 is 0 Å². The maximum absolute atomic E-state index is 11.2. The zero-order chi connectivity index (χ0) is 9.97. The van der Waals surface area contributed by atoms with Gasteiger partial charge in [0.2, 0.25) is 0 Å². The lowest BCUT2D eigenvalue weighted by Gasteiger charge is -2.25. The molecular formula is C10H16O4. The van der Waals surface area contributed by atoms with Gasteiger partial charge in [-0.2, -0.15) is 0 Å². The zero-order valence-electron chi connectivity index (χ0n) is 8.40. The lowest BCUT2D eigenvalue weighted by atomic mass is 10.3. The number of hydrogen-bond acceptors (Lipinski definition) is 4. The molecule has 4 heteroatoms. The van der Waals surface area contributed by atoms with E-state index in [2.05, 4.69) is 0 Å². The van der Waals surface area contributed by atoms with Crippen molar-refractivity contribution in [1.29, 1.82) is 0 Å². The van der Waals surface area contributed by atoms with E-state index < -0.39 is 0 Å². The molecule has 0 amide bonds. The Kier molecular flexibility index (Phi) is 3.03.